The van der Waals surface area contributed by atoms with Gasteiger partial charge in [0.25, 0.3) is 5.69 Å². The van der Waals surface area contributed by atoms with Crippen LogP contribution in [0.1, 0.15) is 7.43 Å². The van der Waals surface area contributed by atoms with E-state index < -0.39 is 4.92 Å². The van der Waals surface area contributed by atoms with Crippen LogP contribution in [0.25, 0.3) is 11.3 Å². The molecule has 0 aliphatic rings. The molecule has 0 atom stereocenters. The summed E-state index contributed by atoms with van der Waals surface area (Å²) in [5, 5.41) is 20.3. The average molecular weight is 520 g/mol. The van der Waals surface area contributed by atoms with E-state index in [2.05, 4.69) is 30.1 Å². The van der Waals surface area contributed by atoms with E-state index in [1.807, 2.05) is 12.5 Å². The number of aromatic nitrogens is 8. The van der Waals surface area contributed by atoms with Crippen molar-refractivity contribution >= 4 is 52.1 Å². The Morgan fingerprint density at radius 3 is 2.21 bits per heavy atom. The Morgan fingerprint density at radius 1 is 0.941 bits per heavy atom. The van der Waals surface area contributed by atoms with E-state index in [1.165, 1.54) is 44.7 Å². The second-order valence-electron chi connectivity index (χ2n) is 6.03. The molecule has 0 saturated heterocycles. The Kier molecular flexibility index (Phi) is 8.20. The van der Waals surface area contributed by atoms with Gasteiger partial charge in [-0.05, 0) is 30.2 Å². The highest BCUT2D eigenvalue weighted by atomic mass is 35.5. The van der Waals surface area contributed by atoms with Crippen LogP contribution in [-0.2, 0) is 0 Å². The van der Waals surface area contributed by atoms with Gasteiger partial charge in [-0.3, -0.25) is 10.1 Å². The second kappa shape index (κ2) is 11.1. The van der Waals surface area contributed by atoms with Gasteiger partial charge < -0.3 is 4.74 Å². The zero-order chi connectivity index (χ0) is 23.4. The standard InChI is InChI=1S/C12H9N5O3S.C6H5ClN4S.CH4/c1-21-11-14-10-5-6-13-16(10)12(15-11)20-9-4-2-3-8(7-9)17(18)19;1-12-6-9-4-2-3-8-11(4)5(7)10-6;/h2-7H,1H3;2-3H,1H3;1H4. The number of hydrogen-bond acceptors (Lipinski definition) is 11. The van der Waals surface area contributed by atoms with Crippen LogP contribution in [0.5, 0.6) is 11.8 Å². The Labute approximate surface area is 206 Å². The van der Waals surface area contributed by atoms with E-state index >= 15 is 0 Å². The van der Waals surface area contributed by atoms with Gasteiger partial charge in [-0.2, -0.15) is 29.2 Å². The average Bonchev–Trinajstić information content (AvgIpc) is 3.49. The van der Waals surface area contributed by atoms with Crippen molar-refractivity contribution in [2.45, 2.75) is 17.7 Å². The highest BCUT2D eigenvalue weighted by Gasteiger charge is 2.12. The minimum Gasteiger partial charge on any atom is -0.424 e. The molecule has 0 bridgehead atoms. The third-order valence-corrected chi connectivity index (χ3v) is 5.34. The summed E-state index contributed by atoms with van der Waals surface area (Å²) in [4.78, 5) is 27.0. The lowest BCUT2D eigenvalue weighted by molar-refractivity contribution is -0.384. The highest BCUT2D eigenvalue weighted by Crippen LogP contribution is 2.25. The summed E-state index contributed by atoms with van der Waals surface area (Å²) >= 11 is 8.64. The molecule has 0 aliphatic carbocycles. The van der Waals surface area contributed by atoms with Crippen LogP contribution >= 0.6 is 35.1 Å². The summed E-state index contributed by atoms with van der Waals surface area (Å²) in [5.41, 5.74) is 1.26. The molecule has 0 aliphatic heterocycles. The maximum atomic E-state index is 10.8. The minimum absolute atomic E-state index is 0. The number of nitro benzene ring substituents is 1. The molecule has 15 heteroatoms. The summed E-state index contributed by atoms with van der Waals surface area (Å²) in [5.74, 6) is 0.312. The van der Waals surface area contributed by atoms with E-state index in [9.17, 15) is 10.1 Å². The molecule has 0 radical (unpaired) electrons. The molecular weight excluding hydrogens is 502 g/mol. The fraction of sp³-hybridized carbons (Fsp3) is 0.158. The summed E-state index contributed by atoms with van der Waals surface area (Å²) in [6, 6.07) is 9.59. The number of halogens is 1. The number of hydrogen-bond donors (Lipinski definition) is 0. The van der Waals surface area contributed by atoms with Crippen LogP contribution in [0.2, 0.25) is 5.28 Å². The lowest BCUT2D eigenvalue weighted by Gasteiger charge is -2.07. The normalized spacial score (nSPS) is 10.4. The monoisotopic (exact) mass is 519 g/mol. The first-order valence-corrected chi connectivity index (χ1v) is 11.9. The molecule has 5 aromatic rings. The van der Waals surface area contributed by atoms with Crippen molar-refractivity contribution in [2.75, 3.05) is 12.5 Å². The largest absolute Gasteiger partial charge is 0.424 e. The molecule has 0 N–H and O–H groups in total. The van der Waals surface area contributed by atoms with Gasteiger partial charge in [-0.15, -0.1) is 0 Å². The quantitative estimate of drug-likeness (QED) is 0.181. The number of rotatable bonds is 5. The van der Waals surface area contributed by atoms with Gasteiger partial charge in [0.1, 0.15) is 5.75 Å². The van der Waals surface area contributed by atoms with Gasteiger partial charge in [0.05, 0.1) is 23.4 Å². The summed E-state index contributed by atoms with van der Waals surface area (Å²) in [7, 11) is 0. The predicted octanol–water partition coefficient (Wildman–Crippen LogP) is 4.68. The van der Waals surface area contributed by atoms with Crippen LogP contribution in [0.3, 0.4) is 0 Å². The van der Waals surface area contributed by atoms with Gasteiger partial charge in [-0.25, -0.2) is 9.97 Å². The maximum absolute atomic E-state index is 10.8. The van der Waals surface area contributed by atoms with Crippen molar-refractivity contribution in [1.82, 2.24) is 39.2 Å². The SMILES string of the molecule is C.CSc1nc(Cl)n2nccc2n1.CSc1nc(Oc2cccc([N+](=O)[O-])c2)n2nccc2n1. The lowest BCUT2D eigenvalue weighted by Crippen LogP contribution is -2.02. The van der Waals surface area contributed by atoms with Crippen molar-refractivity contribution in [3.8, 4) is 11.8 Å². The number of benzene rings is 1. The smallest absolute Gasteiger partial charge is 0.327 e. The molecule has 12 nitrogen and oxygen atoms in total. The van der Waals surface area contributed by atoms with Crippen LogP contribution in [0.4, 0.5) is 5.69 Å². The number of ether oxygens (including phenoxy) is 1. The Balaban J connectivity index is 0.000000212. The van der Waals surface area contributed by atoms with Crippen LogP contribution in [0, 0.1) is 10.1 Å². The van der Waals surface area contributed by atoms with Crippen molar-refractivity contribution < 1.29 is 9.66 Å². The van der Waals surface area contributed by atoms with Gasteiger partial charge in [0, 0.05) is 18.2 Å². The number of non-ortho nitro benzene ring substituents is 1. The second-order valence-corrected chi connectivity index (χ2v) is 7.92. The van der Waals surface area contributed by atoms with Crippen LogP contribution < -0.4 is 4.74 Å². The summed E-state index contributed by atoms with van der Waals surface area (Å²) in [6.07, 6.45) is 6.96. The van der Waals surface area contributed by atoms with Crippen molar-refractivity contribution in [3.05, 3.63) is 64.2 Å². The molecule has 1 aromatic carbocycles. The molecule has 34 heavy (non-hydrogen) atoms. The van der Waals surface area contributed by atoms with Crippen molar-refractivity contribution in [3.63, 3.8) is 0 Å². The van der Waals surface area contributed by atoms with Gasteiger partial charge in [-0.1, -0.05) is 37.0 Å². The Morgan fingerprint density at radius 2 is 1.56 bits per heavy atom. The van der Waals surface area contributed by atoms with Crippen molar-refractivity contribution in [1.29, 1.82) is 0 Å². The van der Waals surface area contributed by atoms with Gasteiger partial charge >= 0.3 is 6.01 Å². The first kappa shape index (κ1) is 25.1. The lowest BCUT2D eigenvalue weighted by atomic mass is 10.3. The topological polar surface area (TPSA) is 139 Å². The zero-order valence-electron chi connectivity index (χ0n) is 17.1. The van der Waals surface area contributed by atoms with Crippen LogP contribution in [-0.4, -0.2) is 56.6 Å². The highest BCUT2D eigenvalue weighted by molar-refractivity contribution is 7.98. The van der Waals surface area contributed by atoms with E-state index in [0.717, 1.165) is 5.65 Å². The summed E-state index contributed by atoms with van der Waals surface area (Å²) in [6.45, 7) is 0. The van der Waals surface area contributed by atoms with E-state index in [-0.39, 0.29) is 19.1 Å². The molecular formula is C19H18ClN9O3S2. The molecule has 5 rings (SSSR count). The molecule has 176 valence electrons. The first-order valence-electron chi connectivity index (χ1n) is 9.08. The molecule has 4 heterocycles. The van der Waals surface area contributed by atoms with E-state index in [0.29, 0.717) is 27.0 Å². The molecule has 0 spiro atoms. The van der Waals surface area contributed by atoms with E-state index in [4.69, 9.17) is 16.3 Å². The molecule has 0 fully saturated rings. The number of nitro groups is 1. The summed E-state index contributed by atoms with van der Waals surface area (Å²) < 4.78 is 8.53. The Bertz CT molecular complexity index is 1440. The third-order valence-electron chi connectivity index (χ3n) is 4.00. The zero-order valence-corrected chi connectivity index (χ0v) is 19.5. The Hall–Kier alpha value is -3.49. The van der Waals surface area contributed by atoms with Gasteiger partial charge in [0.15, 0.2) is 21.6 Å². The predicted molar refractivity (Wildman–Crippen MR) is 130 cm³/mol. The van der Waals surface area contributed by atoms with Gasteiger partial charge in [0.2, 0.25) is 5.28 Å². The number of nitrogens with zero attached hydrogens (tertiary/aromatic N) is 9. The third kappa shape index (κ3) is 5.52. The molecule has 0 amide bonds. The number of fused-ring (bicyclic) bond motifs is 2. The first-order chi connectivity index (χ1) is 16.0. The molecule has 0 unspecified atom stereocenters. The molecule has 0 saturated carbocycles. The minimum atomic E-state index is -0.482. The fourth-order valence-electron chi connectivity index (χ4n) is 2.57. The maximum Gasteiger partial charge on any atom is 0.327 e. The van der Waals surface area contributed by atoms with Crippen molar-refractivity contribution in [2.24, 2.45) is 0 Å². The number of thioether (sulfide) groups is 2. The fourth-order valence-corrected chi connectivity index (χ4v) is 3.54. The van der Waals surface area contributed by atoms with E-state index in [1.54, 1.807) is 36.7 Å². The van der Waals surface area contributed by atoms with Crippen LogP contribution in [0.15, 0.2) is 59.1 Å². The molecule has 4 aromatic heterocycles.